The van der Waals surface area contributed by atoms with Crippen LogP contribution in [-0.2, 0) is 4.79 Å². The molecule has 7 heteroatoms. The summed E-state index contributed by atoms with van der Waals surface area (Å²) in [4.78, 5) is 24.1. The molecule has 1 atom stereocenters. The van der Waals surface area contributed by atoms with Gasteiger partial charge in [0, 0.05) is 19.2 Å². The van der Waals surface area contributed by atoms with Crippen molar-refractivity contribution in [3.63, 3.8) is 0 Å². The van der Waals surface area contributed by atoms with Crippen LogP contribution >= 0.6 is 0 Å². The van der Waals surface area contributed by atoms with Gasteiger partial charge in [0.2, 0.25) is 0 Å². The Kier molecular flexibility index (Phi) is 4.16. The maximum atomic E-state index is 13.4. The van der Waals surface area contributed by atoms with Gasteiger partial charge in [-0.3, -0.25) is 4.79 Å². The number of likely N-dealkylation sites (tertiary alicyclic amines) is 1. The Balaban J connectivity index is 2.04. The number of piperidine rings is 1. The first-order chi connectivity index (χ1) is 9.47. The van der Waals surface area contributed by atoms with Crippen molar-refractivity contribution in [3.05, 3.63) is 29.8 Å². The van der Waals surface area contributed by atoms with E-state index in [2.05, 4.69) is 5.32 Å². The number of carbonyl (C=O) groups excluding carboxylic acids is 1. The highest BCUT2D eigenvalue weighted by atomic mass is 19.1. The predicted octanol–water partition coefficient (Wildman–Crippen LogP) is 2.29. The van der Waals surface area contributed by atoms with Crippen molar-refractivity contribution in [3.8, 4) is 0 Å². The normalized spacial score (nSPS) is 18.7. The van der Waals surface area contributed by atoms with Gasteiger partial charge >= 0.3 is 12.0 Å². The molecule has 1 aliphatic rings. The lowest BCUT2D eigenvalue weighted by atomic mass is 9.99. The van der Waals surface area contributed by atoms with E-state index in [1.807, 2.05) is 0 Å². The number of aliphatic carboxylic acids is 1. The SMILES string of the molecule is O=C(O)[C@@H]1CCCN(C(=O)Nc2cc(F)ccc2F)C1. The van der Waals surface area contributed by atoms with Crippen LogP contribution in [0, 0.1) is 17.6 Å². The minimum absolute atomic E-state index is 0.0676. The first-order valence-electron chi connectivity index (χ1n) is 6.21. The summed E-state index contributed by atoms with van der Waals surface area (Å²) >= 11 is 0. The lowest BCUT2D eigenvalue weighted by Gasteiger charge is -2.30. The molecule has 1 saturated heterocycles. The average molecular weight is 284 g/mol. The van der Waals surface area contributed by atoms with Crippen LogP contribution in [0.3, 0.4) is 0 Å². The maximum absolute atomic E-state index is 13.4. The first kappa shape index (κ1) is 14.2. The Morgan fingerprint density at radius 1 is 1.35 bits per heavy atom. The summed E-state index contributed by atoms with van der Waals surface area (Å²) in [7, 11) is 0. The Morgan fingerprint density at radius 3 is 2.80 bits per heavy atom. The maximum Gasteiger partial charge on any atom is 0.321 e. The number of rotatable bonds is 2. The van der Waals surface area contributed by atoms with Crippen LogP contribution in [0.2, 0.25) is 0 Å². The molecule has 108 valence electrons. The van der Waals surface area contributed by atoms with Crippen molar-refractivity contribution in [2.75, 3.05) is 18.4 Å². The summed E-state index contributed by atoms with van der Waals surface area (Å²) in [6.45, 7) is 0.463. The molecule has 0 saturated carbocycles. The van der Waals surface area contributed by atoms with Gasteiger partial charge in [0.1, 0.15) is 11.6 Å². The fraction of sp³-hybridized carbons (Fsp3) is 0.385. The van der Waals surface area contributed by atoms with E-state index in [-0.39, 0.29) is 12.2 Å². The number of hydrogen-bond donors (Lipinski definition) is 2. The Bertz CT molecular complexity index is 536. The lowest BCUT2D eigenvalue weighted by Crippen LogP contribution is -2.44. The third-order valence-corrected chi connectivity index (χ3v) is 3.23. The zero-order chi connectivity index (χ0) is 14.7. The molecule has 20 heavy (non-hydrogen) atoms. The summed E-state index contributed by atoms with van der Waals surface area (Å²) in [5, 5.41) is 11.2. The fourth-order valence-electron chi connectivity index (χ4n) is 2.15. The number of anilines is 1. The van der Waals surface area contributed by atoms with Gasteiger partial charge in [-0.2, -0.15) is 0 Å². The van der Waals surface area contributed by atoms with Crippen molar-refractivity contribution in [1.29, 1.82) is 0 Å². The van der Waals surface area contributed by atoms with Crippen molar-refractivity contribution in [1.82, 2.24) is 4.90 Å². The number of nitrogens with zero attached hydrogens (tertiary/aromatic N) is 1. The van der Waals surface area contributed by atoms with Crippen molar-refractivity contribution in [2.45, 2.75) is 12.8 Å². The van der Waals surface area contributed by atoms with E-state index >= 15 is 0 Å². The number of halogens is 2. The van der Waals surface area contributed by atoms with Gasteiger partial charge in [-0.25, -0.2) is 13.6 Å². The highest BCUT2D eigenvalue weighted by Gasteiger charge is 2.28. The molecular weight excluding hydrogens is 270 g/mol. The molecule has 2 amide bonds. The van der Waals surface area contributed by atoms with Crippen LogP contribution in [0.4, 0.5) is 19.3 Å². The molecule has 1 heterocycles. The number of benzene rings is 1. The van der Waals surface area contributed by atoms with Gasteiger partial charge in [-0.05, 0) is 25.0 Å². The number of urea groups is 1. The second kappa shape index (κ2) is 5.85. The van der Waals surface area contributed by atoms with Crippen LogP contribution in [0.25, 0.3) is 0 Å². The number of carboxylic acid groups (broad SMARTS) is 1. The molecule has 1 aromatic carbocycles. The smallest absolute Gasteiger partial charge is 0.321 e. The minimum Gasteiger partial charge on any atom is -0.481 e. The van der Waals surface area contributed by atoms with Crippen LogP contribution in [0.15, 0.2) is 18.2 Å². The summed E-state index contributed by atoms with van der Waals surface area (Å²) < 4.78 is 26.4. The lowest BCUT2D eigenvalue weighted by molar-refractivity contribution is -0.143. The molecule has 2 N–H and O–H groups in total. The molecule has 2 rings (SSSR count). The van der Waals surface area contributed by atoms with Gasteiger partial charge in [-0.15, -0.1) is 0 Å². The summed E-state index contributed by atoms with van der Waals surface area (Å²) in [5.41, 5.74) is -0.257. The molecule has 5 nitrogen and oxygen atoms in total. The molecular formula is C13H14F2N2O3. The average Bonchev–Trinajstić information content (AvgIpc) is 2.43. The number of carboxylic acids is 1. The second-order valence-corrected chi connectivity index (χ2v) is 4.68. The Morgan fingerprint density at radius 2 is 2.10 bits per heavy atom. The third-order valence-electron chi connectivity index (χ3n) is 3.23. The molecule has 1 fully saturated rings. The van der Waals surface area contributed by atoms with E-state index in [0.717, 1.165) is 18.2 Å². The van der Waals surface area contributed by atoms with E-state index in [9.17, 15) is 18.4 Å². The van der Waals surface area contributed by atoms with Gasteiger partial charge in [0.15, 0.2) is 0 Å². The Labute approximate surface area is 114 Å². The van der Waals surface area contributed by atoms with Gasteiger partial charge in [-0.1, -0.05) is 0 Å². The van der Waals surface area contributed by atoms with Crippen molar-refractivity contribution in [2.24, 2.45) is 5.92 Å². The van der Waals surface area contributed by atoms with Crippen LogP contribution in [-0.4, -0.2) is 35.1 Å². The molecule has 0 aliphatic carbocycles. The predicted molar refractivity (Wildman–Crippen MR) is 67.3 cm³/mol. The molecule has 0 aromatic heterocycles. The van der Waals surface area contributed by atoms with E-state index in [1.54, 1.807) is 0 Å². The fourth-order valence-corrected chi connectivity index (χ4v) is 2.15. The highest BCUT2D eigenvalue weighted by Crippen LogP contribution is 2.19. The monoisotopic (exact) mass is 284 g/mol. The summed E-state index contributed by atoms with van der Waals surface area (Å²) in [5.74, 6) is -2.98. The zero-order valence-corrected chi connectivity index (χ0v) is 10.6. The highest BCUT2D eigenvalue weighted by molar-refractivity contribution is 5.89. The number of hydrogen-bond acceptors (Lipinski definition) is 2. The quantitative estimate of drug-likeness (QED) is 0.875. The van der Waals surface area contributed by atoms with Gasteiger partial charge in [0.25, 0.3) is 0 Å². The first-order valence-corrected chi connectivity index (χ1v) is 6.21. The largest absolute Gasteiger partial charge is 0.481 e. The minimum atomic E-state index is -0.959. The number of amides is 2. The van der Waals surface area contributed by atoms with Crippen molar-refractivity contribution >= 4 is 17.7 Å². The van der Waals surface area contributed by atoms with Gasteiger partial charge in [0.05, 0.1) is 11.6 Å². The van der Waals surface area contributed by atoms with Crippen molar-refractivity contribution < 1.29 is 23.5 Å². The molecule has 1 aliphatic heterocycles. The summed E-state index contributed by atoms with van der Waals surface area (Å²) in [6.07, 6.45) is 1.07. The topological polar surface area (TPSA) is 69.6 Å². The molecule has 1 aromatic rings. The molecule has 0 radical (unpaired) electrons. The standard InChI is InChI=1S/C13H14F2N2O3/c14-9-3-4-10(15)11(6-9)16-13(20)17-5-1-2-8(7-17)12(18)19/h3-4,6,8H,1-2,5,7H2,(H,16,20)(H,18,19)/t8-/m1/s1. The van der Waals surface area contributed by atoms with Crippen LogP contribution in [0.1, 0.15) is 12.8 Å². The van der Waals surface area contributed by atoms with Crippen LogP contribution < -0.4 is 5.32 Å². The van der Waals surface area contributed by atoms with E-state index in [0.29, 0.717) is 19.4 Å². The third kappa shape index (κ3) is 3.23. The van der Waals surface area contributed by atoms with Crippen LogP contribution in [0.5, 0.6) is 0 Å². The van der Waals surface area contributed by atoms with E-state index < -0.39 is 29.6 Å². The number of carbonyl (C=O) groups is 2. The molecule has 0 bridgehead atoms. The second-order valence-electron chi connectivity index (χ2n) is 4.68. The Hall–Kier alpha value is -2.18. The zero-order valence-electron chi connectivity index (χ0n) is 10.6. The van der Waals surface area contributed by atoms with E-state index in [4.69, 9.17) is 5.11 Å². The van der Waals surface area contributed by atoms with E-state index in [1.165, 1.54) is 4.90 Å². The number of nitrogens with one attached hydrogen (secondary N) is 1. The summed E-state index contributed by atoms with van der Waals surface area (Å²) in [6, 6.07) is 2.12. The van der Waals surface area contributed by atoms with Gasteiger partial charge < -0.3 is 15.3 Å². The molecule has 0 unspecified atom stereocenters. The molecule has 0 spiro atoms.